The number of aromatic nitrogens is 1. The molecule has 1 aliphatic heterocycles. The Kier molecular flexibility index (Phi) is 8.68. The van der Waals surface area contributed by atoms with Gasteiger partial charge in [-0.25, -0.2) is 9.79 Å². The lowest BCUT2D eigenvalue weighted by Crippen LogP contribution is -2.40. The fourth-order valence-corrected chi connectivity index (χ4v) is 5.76. The molecule has 1 aromatic heterocycles. The maximum atomic E-state index is 14.1. The van der Waals surface area contributed by atoms with Crippen molar-refractivity contribution in [3.63, 3.8) is 0 Å². The molecule has 0 N–H and O–H groups in total. The summed E-state index contributed by atoms with van der Waals surface area (Å²) < 4.78 is 24.2. The second-order valence-corrected chi connectivity index (χ2v) is 10.2. The van der Waals surface area contributed by atoms with Gasteiger partial charge in [0.2, 0.25) is 0 Å². The van der Waals surface area contributed by atoms with Crippen LogP contribution in [0.5, 0.6) is 17.2 Å². The molecular weight excluding hydrogens is 552 g/mol. The van der Waals surface area contributed by atoms with Crippen LogP contribution in [0.2, 0.25) is 0 Å². The van der Waals surface area contributed by atoms with E-state index in [1.165, 1.54) is 11.3 Å². The summed E-state index contributed by atoms with van der Waals surface area (Å²) in [6.45, 7) is 5.94. The van der Waals surface area contributed by atoms with Gasteiger partial charge in [-0.1, -0.05) is 72.5 Å². The summed E-state index contributed by atoms with van der Waals surface area (Å²) in [5.74, 6) is 1.16. The first kappa shape index (κ1) is 28.6. The molecule has 0 amide bonds. The third kappa shape index (κ3) is 5.64. The van der Waals surface area contributed by atoms with E-state index in [1.54, 1.807) is 50.0 Å². The average molecular weight is 583 g/mol. The highest BCUT2D eigenvalue weighted by Gasteiger charge is 2.35. The molecule has 1 aliphatic rings. The van der Waals surface area contributed by atoms with Crippen molar-refractivity contribution in [3.8, 4) is 17.2 Å². The number of hydrogen-bond acceptors (Lipinski definition) is 8. The van der Waals surface area contributed by atoms with Crippen LogP contribution in [0.3, 0.4) is 0 Å². The first-order chi connectivity index (χ1) is 20.5. The van der Waals surface area contributed by atoms with E-state index in [1.807, 2.05) is 60.7 Å². The fourth-order valence-electron chi connectivity index (χ4n) is 4.76. The standard InChI is InChI=1S/C33H30N2O6S/c1-5-17-41-25-16-15-21(18-26(25)39-4)19-27-31(36)35-30(23-13-10-14-24(20-23)38-3)28(32(37)40-6-2)29(34-33(35)42-27)22-11-8-7-9-12-22/h5,7-16,18-20,30H,1,6,17H2,2-4H3/b27-19-/t30-/m1/s1. The van der Waals surface area contributed by atoms with Crippen LogP contribution in [-0.4, -0.2) is 38.0 Å². The van der Waals surface area contributed by atoms with Crippen molar-refractivity contribution in [2.45, 2.75) is 13.0 Å². The van der Waals surface area contributed by atoms with Gasteiger partial charge in [0.1, 0.15) is 12.4 Å². The van der Waals surface area contributed by atoms with E-state index in [0.717, 1.165) is 11.1 Å². The van der Waals surface area contributed by atoms with Gasteiger partial charge < -0.3 is 18.9 Å². The van der Waals surface area contributed by atoms with E-state index in [0.29, 0.717) is 44.4 Å². The van der Waals surface area contributed by atoms with Crippen molar-refractivity contribution in [3.05, 3.63) is 127 Å². The van der Waals surface area contributed by atoms with Crippen LogP contribution in [0.1, 0.15) is 29.7 Å². The van der Waals surface area contributed by atoms with Gasteiger partial charge in [0.25, 0.3) is 5.56 Å². The second-order valence-electron chi connectivity index (χ2n) is 9.22. The maximum Gasteiger partial charge on any atom is 0.338 e. The highest BCUT2D eigenvalue weighted by Crippen LogP contribution is 2.36. The number of methoxy groups -OCH3 is 2. The molecule has 0 spiro atoms. The van der Waals surface area contributed by atoms with Crippen LogP contribution in [0.25, 0.3) is 11.8 Å². The van der Waals surface area contributed by atoms with Crippen molar-refractivity contribution < 1.29 is 23.7 Å². The maximum absolute atomic E-state index is 14.1. The van der Waals surface area contributed by atoms with Crippen molar-refractivity contribution in [2.75, 3.05) is 27.4 Å². The minimum Gasteiger partial charge on any atom is -0.497 e. The summed E-state index contributed by atoms with van der Waals surface area (Å²) in [5.41, 5.74) is 2.63. The summed E-state index contributed by atoms with van der Waals surface area (Å²) in [6, 6.07) is 21.4. The number of nitrogens with zero attached hydrogens (tertiary/aromatic N) is 2. The lowest BCUT2D eigenvalue weighted by molar-refractivity contribution is -0.138. The van der Waals surface area contributed by atoms with Gasteiger partial charge in [0.15, 0.2) is 16.3 Å². The predicted octanol–water partition coefficient (Wildman–Crippen LogP) is 4.52. The van der Waals surface area contributed by atoms with Gasteiger partial charge in [0.05, 0.1) is 42.7 Å². The molecule has 0 bridgehead atoms. The summed E-state index contributed by atoms with van der Waals surface area (Å²) in [6.07, 6.45) is 3.43. The zero-order chi connectivity index (χ0) is 29.6. The van der Waals surface area contributed by atoms with Gasteiger partial charge >= 0.3 is 5.97 Å². The normalized spacial score (nSPS) is 14.5. The Morgan fingerprint density at radius 1 is 1.02 bits per heavy atom. The molecule has 0 unspecified atom stereocenters. The van der Waals surface area contributed by atoms with Gasteiger partial charge in [-0.05, 0) is 48.4 Å². The quantitative estimate of drug-likeness (QED) is 0.202. The molecule has 4 aromatic rings. The molecule has 8 nitrogen and oxygen atoms in total. The molecule has 0 saturated carbocycles. The van der Waals surface area contributed by atoms with E-state index >= 15 is 0 Å². The van der Waals surface area contributed by atoms with E-state index in [2.05, 4.69) is 6.58 Å². The third-order valence-corrected chi connectivity index (χ3v) is 7.61. The molecule has 1 atom stereocenters. The SMILES string of the molecule is C=CCOc1ccc(/C=c2\sc3n(c2=O)[C@H](c2cccc(OC)c2)C(C(=O)OCC)=C(c2ccccc2)N=3)cc1OC. The molecular formula is C33H30N2O6S. The smallest absolute Gasteiger partial charge is 0.338 e. The topological polar surface area (TPSA) is 88.4 Å². The van der Waals surface area contributed by atoms with Crippen molar-refractivity contribution in [1.82, 2.24) is 4.57 Å². The Morgan fingerprint density at radius 2 is 1.83 bits per heavy atom. The van der Waals surface area contributed by atoms with Crippen molar-refractivity contribution in [1.29, 1.82) is 0 Å². The van der Waals surface area contributed by atoms with Gasteiger partial charge in [-0.3, -0.25) is 9.36 Å². The Balaban J connectivity index is 1.76. The summed E-state index contributed by atoms with van der Waals surface area (Å²) in [5, 5.41) is 0. The minimum absolute atomic E-state index is 0.175. The first-order valence-electron chi connectivity index (χ1n) is 13.3. The number of hydrogen-bond donors (Lipinski definition) is 0. The van der Waals surface area contributed by atoms with Gasteiger partial charge in [-0.15, -0.1) is 0 Å². The van der Waals surface area contributed by atoms with Crippen LogP contribution >= 0.6 is 11.3 Å². The zero-order valence-corrected chi connectivity index (χ0v) is 24.4. The van der Waals surface area contributed by atoms with Gasteiger partial charge in [-0.2, -0.15) is 0 Å². The zero-order valence-electron chi connectivity index (χ0n) is 23.5. The predicted molar refractivity (Wildman–Crippen MR) is 163 cm³/mol. The number of rotatable bonds is 10. The third-order valence-electron chi connectivity index (χ3n) is 6.63. The number of benzene rings is 3. The fraction of sp³-hybridized carbons (Fsp3) is 0.182. The lowest BCUT2D eigenvalue weighted by Gasteiger charge is -2.26. The molecule has 0 radical (unpaired) electrons. The molecule has 214 valence electrons. The molecule has 3 aromatic carbocycles. The number of esters is 1. The molecule has 0 aliphatic carbocycles. The number of carbonyl (C=O) groups excluding carboxylic acids is 1. The summed E-state index contributed by atoms with van der Waals surface area (Å²) >= 11 is 1.25. The monoisotopic (exact) mass is 582 g/mol. The Morgan fingerprint density at radius 3 is 2.55 bits per heavy atom. The number of carbonyl (C=O) groups is 1. The van der Waals surface area contributed by atoms with E-state index < -0.39 is 12.0 Å². The van der Waals surface area contributed by atoms with Crippen LogP contribution in [0.4, 0.5) is 0 Å². The molecule has 2 heterocycles. The van der Waals surface area contributed by atoms with E-state index in [4.69, 9.17) is 23.9 Å². The Labute approximate surface area is 247 Å². The lowest BCUT2D eigenvalue weighted by atomic mass is 9.93. The Hall–Kier alpha value is -4.89. The molecule has 5 rings (SSSR count). The van der Waals surface area contributed by atoms with Crippen LogP contribution < -0.4 is 29.1 Å². The van der Waals surface area contributed by atoms with Crippen molar-refractivity contribution in [2.24, 2.45) is 4.99 Å². The highest BCUT2D eigenvalue weighted by molar-refractivity contribution is 7.07. The van der Waals surface area contributed by atoms with E-state index in [9.17, 15) is 9.59 Å². The van der Waals surface area contributed by atoms with Gasteiger partial charge in [0, 0.05) is 5.56 Å². The summed E-state index contributed by atoms with van der Waals surface area (Å²) in [7, 11) is 3.13. The largest absolute Gasteiger partial charge is 0.497 e. The molecule has 42 heavy (non-hydrogen) atoms. The minimum atomic E-state index is -0.794. The van der Waals surface area contributed by atoms with Crippen LogP contribution in [-0.2, 0) is 9.53 Å². The highest BCUT2D eigenvalue weighted by atomic mass is 32.1. The Bertz CT molecular complexity index is 1840. The molecule has 0 saturated heterocycles. The molecule has 9 heteroatoms. The van der Waals surface area contributed by atoms with Crippen LogP contribution in [0, 0.1) is 0 Å². The first-order valence-corrected chi connectivity index (χ1v) is 14.1. The second kappa shape index (κ2) is 12.7. The number of thiazole rings is 1. The molecule has 0 fully saturated rings. The van der Waals surface area contributed by atoms with Crippen LogP contribution in [0.15, 0.2) is 101 Å². The van der Waals surface area contributed by atoms with E-state index in [-0.39, 0.29) is 17.7 Å². The summed E-state index contributed by atoms with van der Waals surface area (Å²) in [4.78, 5) is 33.0. The number of fused-ring (bicyclic) bond motifs is 1. The van der Waals surface area contributed by atoms with Crippen molar-refractivity contribution >= 4 is 29.1 Å². The number of ether oxygens (including phenoxy) is 4. The average Bonchev–Trinajstić information content (AvgIpc) is 3.33.